The molecule has 1 saturated heterocycles. The van der Waals surface area contributed by atoms with Crippen LogP contribution in [0.4, 0.5) is 11.4 Å². The van der Waals surface area contributed by atoms with Gasteiger partial charge in [-0.25, -0.2) is 4.57 Å². The third kappa shape index (κ3) is 7.98. The molecule has 0 unspecified atom stereocenters. The maximum Gasteiger partial charge on any atom is 0.524 e. The molecule has 4 aliphatic rings. The first-order valence-corrected chi connectivity index (χ1v) is 20.8. The van der Waals surface area contributed by atoms with Crippen LogP contribution in [0.5, 0.6) is 17.2 Å². The Bertz CT molecular complexity index is 2360. The van der Waals surface area contributed by atoms with E-state index in [1.54, 1.807) is 23.1 Å². The van der Waals surface area contributed by atoms with Gasteiger partial charge in [0.1, 0.15) is 5.75 Å². The predicted octanol–water partition coefficient (Wildman–Crippen LogP) is 6.99. The topological polar surface area (TPSA) is 143 Å². The normalized spacial score (nSPS) is 17.5. The molecule has 58 heavy (non-hydrogen) atoms. The van der Waals surface area contributed by atoms with Crippen LogP contribution >= 0.6 is 20.2 Å². The number of amides is 2. The van der Waals surface area contributed by atoms with Gasteiger partial charge in [0, 0.05) is 67.1 Å². The minimum Gasteiger partial charge on any atom is -0.454 e. The number of halogens is 1. The van der Waals surface area contributed by atoms with E-state index >= 15 is 9.59 Å². The first-order valence-electron chi connectivity index (χ1n) is 19.3. The van der Waals surface area contributed by atoms with Crippen molar-refractivity contribution in [1.29, 1.82) is 0 Å². The summed E-state index contributed by atoms with van der Waals surface area (Å²) in [7, 11) is -4.78. The zero-order chi connectivity index (χ0) is 39.1. The van der Waals surface area contributed by atoms with Crippen LogP contribution in [0.2, 0.25) is 0 Å². The third-order valence-electron chi connectivity index (χ3n) is 11.2. The lowest BCUT2D eigenvalue weighted by Crippen LogP contribution is -2.52. The number of fused-ring (bicyclic) bond motifs is 3. The number of ether oxygens (including phenoxy) is 3. The van der Waals surface area contributed by atoms with Gasteiger partial charge in [0.2, 0.25) is 6.79 Å². The maximum atomic E-state index is 15.2. The van der Waals surface area contributed by atoms with Crippen molar-refractivity contribution in [2.45, 2.75) is 44.8 Å². The molecule has 4 aliphatic heterocycles. The van der Waals surface area contributed by atoms with Crippen LogP contribution in [-0.2, 0) is 35.2 Å². The summed E-state index contributed by atoms with van der Waals surface area (Å²) < 4.78 is 35.9. The third-order valence-corrected chi connectivity index (χ3v) is 11.7. The molecule has 5 heterocycles. The largest absolute Gasteiger partial charge is 0.524 e. The molecule has 9 rings (SSSR count). The number of rotatable bonds is 9. The zero-order valence-electron chi connectivity index (χ0n) is 31.7. The summed E-state index contributed by atoms with van der Waals surface area (Å²) in [5.41, 5.74) is 6.74. The fourth-order valence-electron chi connectivity index (χ4n) is 8.51. The second kappa shape index (κ2) is 16.6. The van der Waals surface area contributed by atoms with Gasteiger partial charge >= 0.3 is 7.82 Å². The van der Waals surface area contributed by atoms with Crippen molar-refractivity contribution in [2.24, 2.45) is 0 Å². The van der Waals surface area contributed by atoms with Gasteiger partial charge in [0.05, 0.1) is 24.3 Å². The minimum absolute atomic E-state index is 0. The molecule has 2 amide bonds. The number of hydrogen-bond donors (Lipinski definition) is 2. The second-order valence-corrected chi connectivity index (χ2v) is 15.9. The lowest BCUT2D eigenvalue weighted by molar-refractivity contribution is 0.0193. The fraction of sp³-hybridized carbons (Fsp3) is 0.302. The van der Waals surface area contributed by atoms with Crippen LogP contribution < -0.4 is 18.9 Å². The van der Waals surface area contributed by atoms with E-state index in [2.05, 4.69) is 27.7 Å². The van der Waals surface area contributed by atoms with Crippen LogP contribution in [0, 0.1) is 0 Å². The number of morpholine rings is 1. The Morgan fingerprint density at radius 1 is 0.810 bits per heavy atom. The van der Waals surface area contributed by atoms with Gasteiger partial charge < -0.3 is 28.2 Å². The highest BCUT2D eigenvalue weighted by Crippen LogP contribution is 2.43. The number of hydrogen-bond acceptors (Lipinski definition) is 8. The van der Waals surface area contributed by atoms with Gasteiger partial charge in [-0.05, 0) is 91.4 Å². The summed E-state index contributed by atoms with van der Waals surface area (Å²) in [5, 5.41) is 0. The van der Waals surface area contributed by atoms with Crippen molar-refractivity contribution >= 4 is 43.4 Å². The summed E-state index contributed by atoms with van der Waals surface area (Å²) in [6, 6.07) is 29.1. The van der Waals surface area contributed by atoms with Crippen molar-refractivity contribution in [3.05, 3.63) is 125 Å². The van der Waals surface area contributed by atoms with Crippen LogP contribution in [0.1, 0.15) is 50.4 Å². The Labute approximate surface area is 342 Å². The first kappa shape index (κ1) is 39.7. The molecule has 0 bridgehead atoms. The van der Waals surface area contributed by atoms with Crippen molar-refractivity contribution in [2.75, 3.05) is 44.5 Å². The van der Waals surface area contributed by atoms with Gasteiger partial charge in [0.15, 0.2) is 11.5 Å². The number of carbonyl (C=O) groups is 2. The van der Waals surface area contributed by atoms with Crippen molar-refractivity contribution < 1.29 is 42.7 Å². The molecule has 1 aromatic heterocycles. The molecule has 13 nitrogen and oxygen atoms in total. The van der Waals surface area contributed by atoms with Gasteiger partial charge in [-0.1, -0.05) is 42.5 Å². The molecule has 1 fully saturated rings. The van der Waals surface area contributed by atoms with Crippen LogP contribution in [0.3, 0.4) is 0 Å². The Hall–Kier alpha value is -5.14. The minimum atomic E-state index is -4.78. The number of benzene rings is 4. The van der Waals surface area contributed by atoms with Crippen LogP contribution in [0.25, 0.3) is 11.3 Å². The molecule has 302 valence electrons. The standard InChI is InChI=1S/C43H43N4O9P.ClH/c48-42(46-26-30-9-5-4-8-29(30)22-33(46)27-44-18-20-53-21-19-44)36-25-41-40(54-28-55-41)24-35(36)39-23-37(38-12-6-7-17-45(38)39)43(49)47(31-10-2-1-3-11-31)32-13-15-34(16-14-32)56-57(50,51)52;/h1-5,8-11,13-16,23-25,33H,6-7,12,17-22,26-28H2,(H2,50,51,52);1H/t33-;/m0./s1. The fourth-order valence-corrected chi connectivity index (χ4v) is 8.91. The van der Waals surface area contributed by atoms with E-state index in [0.29, 0.717) is 72.3 Å². The Kier molecular flexibility index (Phi) is 11.4. The van der Waals surface area contributed by atoms with Gasteiger partial charge in [-0.3, -0.25) is 29.2 Å². The molecule has 0 saturated carbocycles. The first-order chi connectivity index (χ1) is 27.7. The lowest BCUT2D eigenvalue weighted by atomic mass is 9.92. The average Bonchev–Trinajstić information content (AvgIpc) is 3.85. The summed E-state index contributed by atoms with van der Waals surface area (Å²) in [6.45, 7) is 4.87. The molecule has 5 aromatic rings. The van der Waals surface area contributed by atoms with E-state index in [9.17, 15) is 14.4 Å². The highest BCUT2D eigenvalue weighted by molar-refractivity contribution is 7.46. The van der Waals surface area contributed by atoms with E-state index in [0.717, 1.165) is 55.8 Å². The Balaban J connectivity index is 0.00000469. The van der Waals surface area contributed by atoms with E-state index < -0.39 is 7.82 Å². The molecule has 1 atom stereocenters. The number of carbonyl (C=O) groups excluding carboxylic acids is 2. The number of nitrogens with zero attached hydrogens (tertiary/aromatic N) is 4. The number of phosphoric ester groups is 1. The number of aromatic nitrogens is 1. The molecular formula is C43H44ClN4O9P. The van der Waals surface area contributed by atoms with Gasteiger partial charge in [-0.2, -0.15) is 0 Å². The summed E-state index contributed by atoms with van der Waals surface area (Å²) in [6.07, 6.45) is 3.20. The maximum absolute atomic E-state index is 15.2. The van der Waals surface area contributed by atoms with Crippen LogP contribution in [-0.4, -0.2) is 81.7 Å². The molecule has 15 heteroatoms. The summed E-state index contributed by atoms with van der Waals surface area (Å²) in [4.78, 5) is 54.9. The summed E-state index contributed by atoms with van der Waals surface area (Å²) >= 11 is 0. The van der Waals surface area contributed by atoms with Crippen molar-refractivity contribution in [3.8, 4) is 28.5 Å². The second-order valence-electron chi connectivity index (χ2n) is 14.8. The Morgan fingerprint density at radius 2 is 1.50 bits per heavy atom. The molecule has 0 spiro atoms. The smallest absolute Gasteiger partial charge is 0.454 e. The highest BCUT2D eigenvalue weighted by Gasteiger charge is 2.36. The SMILES string of the molecule is Cl.O=C(c1cc(-c2cc3c(cc2C(=O)N2Cc4ccccc4C[C@H]2CN2CCOCC2)OCO3)n2c1CCCC2)N(c1ccccc1)c1ccc(OP(=O)(O)O)cc1. The molecule has 0 radical (unpaired) electrons. The van der Waals surface area contributed by atoms with E-state index in [1.165, 1.54) is 17.7 Å². The van der Waals surface area contributed by atoms with Gasteiger partial charge in [-0.15, -0.1) is 12.4 Å². The average molecular weight is 827 g/mol. The number of phosphoric acid groups is 1. The zero-order valence-corrected chi connectivity index (χ0v) is 33.4. The van der Waals surface area contributed by atoms with Crippen molar-refractivity contribution in [1.82, 2.24) is 14.4 Å². The Morgan fingerprint density at radius 3 is 2.24 bits per heavy atom. The highest BCUT2D eigenvalue weighted by atomic mass is 35.5. The predicted molar refractivity (Wildman–Crippen MR) is 219 cm³/mol. The lowest BCUT2D eigenvalue weighted by Gasteiger charge is -2.40. The molecule has 2 N–H and O–H groups in total. The molecule has 0 aliphatic carbocycles. The van der Waals surface area contributed by atoms with E-state index in [1.807, 2.05) is 53.4 Å². The number of anilines is 2. The number of para-hydroxylation sites is 1. The van der Waals surface area contributed by atoms with Crippen molar-refractivity contribution in [3.63, 3.8) is 0 Å². The van der Waals surface area contributed by atoms with Crippen LogP contribution in [0.15, 0.2) is 97.1 Å². The van der Waals surface area contributed by atoms with E-state index in [-0.39, 0.29) is 42.8 Å². The van der Waals surface area contributed by atoms with Gasteiger partial charge in [0.25, 0.3) is 11.8 Å². The summed E-state index contributed by atoms with van der Waals surface area (Å²) in [5.74, 6) is 0.624. The molecular weight excluding hydrogens is 783 g/mol. The quantitative estimate of drug-likeness (QED) is 0.149. The monoisotopic (exact) mass is 826 g/mol. The van der Waals surface area contributed by atoms with E-state index in [4.69, 9.17) is 18.7 Å². The molecule has 4 aromatic carbocycles.